The number of hydrogen-bond donors (Lipinski definition) is 2. The maximum Gasteiger partial charge on any atom is 0.270 e. The monoisotopic (exact) mass is 496 g/mol. The first kappa shape index (κ1) is 23.6. The molecule has 2 heterocycles. The molecule has 0 aliphatic carbocycles. The Kier molecular flexibility index (Phi) is 6.83. The second kappa shape index (κ2) is 10.1. The molecule has 11 nitrogen and oxygen atoms in total. The minimum absolute atomic E-state index is 0.112. The highest BCUT2D eigenvalue weighted by Gasteiger charge is 2.13. The number of benzene rings is 2. The average molecular weight is 497 g/mol. The Labute approximate surface area is 203 Å². The minimum atomic E-state index is -0.523. The molecule has 0 saturated carbocycles. The largest absolute Gasteiger partial charge is 0.455 e. The molecule has 0 fully saturated rings. The van der Waals surface area contributed by atoms with Crippen LogP contribution in [0.4, 0.5) is 33.6 Å². The van der Waals surface area contributed by atoms with Crippen molar-refractivity contribution in [1.82, 2.24) is 15.0 Å². The first-order valence-corrected chi connectivity index (χ1v) is 10.5. The van der Waals surface area contributed by atoms with Gasteiger partial charge >= 0.3 is 0 Å². The van der Waals surface area contributed by atoms with Gasteiger partial charge in [0, 0.05) is 37.5 Å². The van der Waals surface area contributed by atoms with Gasteiger partial charge < -0.3 is 14.6 Å². The zero-order chi connectivity index (χ0) is 24.9. The number of nitro groups is 1. The van der Waals surface area contributed by atoms with Crippen LogP contribution in [0.5, 0.6) is 0 Å². The standard InChI is InChI=1S/C22H18ClFN8O3/c1-31(2)22-28-20(26-14-5-3-13(24)4-6-14)27-21(29-22)30-25-12-16-8-10-19(35-16)17-9-7-15(32(33)34)11-18(17)23/h3-12H,1-2H3,(H2,26,27,28,29,30). The van der Waals surface area contributed by atoms with E-state index in [0.717, 1.165) is 0 Å². The molecule has 0 spiro atoms. The fourth-order valence-electron chi connectivity index (χ4n) is 2.87. The summed E-state index contributed by atoms with van der Waals surface area (Å²) in [6.45, 7) is 0. The van der Waals surface area contributed by atoms with Crippen LogP contribution in [0, 0.1) is 15.9 Å². The van der Waals surface area contributed by atoms with Crippen LogP contribution in [0.3, 0.4) is 0 Å². The van der Waals surface area contributed by atoms with Gasteiger partial charge in [0.2, 0.25) is 17.8 Å². The van der Waals surface area contributed by atoms with E-state index < -0.39 is 4.92 Å². The van der Waals surface area contributed by atoms with E-state index in [1.165, 1.54) is 36.5 Å². The van der Waals surface area contributed by atoms with Crippen molar-refractivity contribution >= 4 is 47.0 Å². The summed E-state index contributed by atoms with van der Waals surface area (Å²) in [5.74, 6) is 1.24. The van der Waals surface area contributed by atoms with Crippen molar-refractivity contribution in [3.63, 3.8) is 0 Å². The molecule has 178 valence electrons. The van der Waals surface area contributed by atoms with E-state index in [4.69, 9.17) is 16.0 Å². The number of nitrogens with zero attached hydrogens (tertiary/aromatic N) is 6. The number of non-ortho nitro benzene ring substituents is 1. The average Bonchev–Trinajstić information content (AvgIpc) is 3.29. The van der Waals surface area contributed by atoms with Gasteiger partial charge in [-0.25, -0.2) is 9.82 Å². The van der Waals surface area contributed by atoms with E-state index in [2.05, 4.69) is 30.8 Å². The third-order valence-electron chi connectivity index (χ3n) is 4.54. The van der Waals surface area contributed by atoms with Gasteiger partial charge in [0.15, 0.2) is 0 Å². The molecule has 0 saturated heterocycles. The molecule has 0 aliphatic rings. The highest BCUT2D eigenvalue weighted by atomic mass is 35.5. The lowest BCUT2D eigenvalue weighted by molar-refractivity contribution is -0.384. The molecular weight excluding hydrogens is 479 g/mol. The Hall–Kier alpha value is -4.58. The number of furan rings is 1. The van der Waals surface area contributed by atoms with E-state index in [9.17, 15) is 14.5 Å². The predicted molar refractivity (Wildman–Crippen MR) is 131 cm³/mol. The Morgan fingerprint density at radius 2 is 1.83 bits per heavy atom. The molecule has 0 atom stereocenters. The molecule has 0 radical (unpaired) electrons. The smallest absolute Gasteiger partial charge is 0.270 e. The second-order valence-electron chi connectivity index (χ2n) is 7.30. The van der Waals surface area contributed by atoms with Crippen molar-refractivity contribution in [2.24, 2.45) is 5.10 Å². The first-order valence-electron chi connectivity index (χ1n) is 10.1. The van der Waals surface area contributed by atoms with Crippen molar-refractivity contribution in [3.05, 3.63) is 81.3 Å². The molecule has 4 aromatic rings. The van der Waals surface area contributed by atoms with Crippen LogP contribution < -0.4 is 15.6 Å². The van der Waals surface area contributed by atoms with Gasteiger partial charge in [0.05, 0.1) is 16.2 Å². The van der Waals surface area contributed by atoms with Crippen LogP contribution in [0.1, 0.15) is 5.76 Å². The number of rotatable bonds is 8. The third kappa shape index (κ3) is 5.86. The third-order valence-corrected chi connectivity index (χ3v) is 4.85. The second-order valence-corrected chi connectivity index (χ2v) is 7.71. The predicted octanol–water partition coefficient (Wildman–Crippen LogP) is 5.09. The zero-order valence-electron chi connectivity index (χ0n) is 18.4. The molecular formula is C22H18ClFN8O3. The van der Waals surface area contributed by atoms with Gasteiger partial charge in [0.1, 0.15) is 17.3 Å². The summed E-state index contributed by atoms with van der Waals surface area (Å²) in [7, 11) is 3.55. The van der Waals surface area contributed by atoms with E-state index >= 15 is 0 Å². The molecule has 2 N–H and O–H groups in total. The molecule has 2 aromatic heterocycles. The van der Waals surface area contributed by atoms with Crippen LogP contribution in [0.2, 0.25) is 5.02 Å². The molecule has 0 bridgehead atoms. The summed E-state index contributed by atoms with van der Waals surface area (Å²) in [4.78, 5) is 24.9. The topological polar surface area (TPSA) is 135 Å². The summed E-state index contributed by atoms with van der Waals surface area (Å²) in [5.41, 5.74) is 3.72. The van der Waals surface area contributed by atoms with Crippen LogP contribution in [-0.2, 0) is 0 Å². The van der Waals surface area contributed by atoms with E-state index in [1.807, 2.05) is 0 Å². The van der Waals surface area contributed by atoms with Crippen molar-refractivity contribution in [1.29, 1.82) is 0 Å². The van der Waals surface area contributed by atoms with Gasteiger partial charge in [-0.05, 0) is 42.5 Å². The molecule has 4 rings (SSSR count). The minimum Gasteiger partial charge on any atom is -0.455 e. The van der Waals surface area contributed by atoms with Crippen molar-refractivity contribution in [3.8, 4) is 11.3 Å². The van der Waals surface area contributed by atoms with Gasteiger partial charge in [-0.2, -0.15) is 20.1 Å². The zero-order valence-corrected chi connectivity index (χ0v) is 19.2. The number of hydrogen-bond acceptors (Lipinski definition) is 10. The van der Waals surface area contributed by atoms with Gasteiger partial charge in [-0.3, -0.25) is 10.1 Å². The van der Waals surface area contributed by atoms with Crippen LogP contribution >= 0.6 is 11.6 Å². The van der Waals surface area contributed by atoms with E-state index in [0.29, 0.717) is 28.7 Å². The fourth-order valence-corrected chi connectivity index (χ4v) is 3.14. The normalized spacial score (nSPS) is 11.0. The highest BCUT2D eigenvalue weighted by molar-refractivity contribution is 6.33. The summed E-state index contributed by atoms with van der Waals surface area (Å²) < 4.78 is 18.9. The number of nitrogens with one attached hydrogen (secondary N) is 2. The summed E-state index contributed by atoms with van der Waals surface area (Å²) in [5, 5.41) is 18.2. The quantitative estimate of drug-likeness (QED) is 0.194. The Morgan fingerprint density at radius 3 is 2.51 bits per heavy atom. The van der Waals surface area contributed by atoms with Crippen molar-refractivity contribution in [2.75, 3.05) is 29.7 Å². The number of nitro benzene ring substituents is 1. The number of anilines is 4. The molecule has 35 heavy (non-hydrogen) atoms. The summed E-state index contributed by atoms with van der Waals surface area (Å²) in [6.07, 6.45) is 1.41. The molecule has 0 aliphatic heterocycles. The number of hydrazone groups is 1. The first-order chi connectivity index (χ1) is 16.8. The Morgan fingerprint density at radius 1 is 1.09 bits per heavy atom. The van der Waals surface area contributed by atoms with Crippen LogP contribution in [0.15, 0.2) is 64.1 Å². The van der Waals surface area contributed by atoms with E-state index in [1.54, 1.807) is 43.3 Å². The van der Waals surface area contributed by atoms with Crippen LogP contribution in [0.25, 0.3) is 11.3 Å². The van der Waals surface area contributed by atoms with Gasteiger partial charge in [-0.15, -0.1) is 0 Å². The Bertz CT molecular complexity index is 1390. The maximum atomic E-state index is 13.2. The molecule has 2 aromatic carbocycles. The molecule has 13 heteroatoms. The van der Waals surface area contributed by atoms with Crippen molar-refractivity contribution in [2.45, 2.75) is 0 Å². The van der Waals surface area contributed by atoms with E-state index in [-0.39, 0.29) is 28.4 Å². The molecule has 0 amide bonds. The Balaban J connectivity index is 1.49. The molecule has 0 unspecified atom stereocenters. The lowest BCUT2D eigenvalue weighted by atomic mass is 10.1. The lowest BCUT2D eigenvalue weighted by Gasteiger charge is -2.13. The maximum absolute atomic E-state index is 13.2. The summed E-state index contributed by atoms with van der Waals surface area (Å²) in [6, 6.07) is 13.2. The van der Waals surface area contributed by atoms with Gasteiger partial charge in [-0.1, -0.05) is 11.6 Å². The van der Waals surface area contributed by atoms with Crippen molar-refractivity contribution < 1.29 is 13.7 Å². The highest BCUT2D eigenvalue weighted by Crippen LogP contribution is 2.32. The summed E-state index contributed by atoms with van der Waals surface area (Å²) >= 11 is 6.16. The lowest BCUT2D eigenvalue weighted by Crippen LogP contribution is -2.15. The van der Waals surface area contributed by atoms with Gasteiger partial charge in [0.25, 0.3) is 5.69 Å². The SMILES string of the molecule is CN(C)c1nc(NN=Cc2ccc(-c3ccc([N+](=O)[O-])cc3Cl)o2)nc(Nc2ccc(F)cc2)n1. The number of halogens is 2. The van der Waals surface area contributed by atoms with Crippen LogP contribution in [-0.4, -0.2) is 40.2 Å². The number of aromatic nitrogens is 3. The fraction of sp³-hybridized carbons (Fsp3) is 0.0909.